The van der Waals surface area contributed by atoms with Crippen LogP contribution >= 0.6 is 0 Å². The minimum atomic E-state index is -4.45. The van der Waals surface area contributed by atoms with E-state index in [1.807, 2.05) is 35.7 Å². The van der Waals surface area contributed by atoms with E-state index in [1.165, 1.54) is 12.1 Å². The second-order valence-corrected chi connectivity index (χ2v) is 6.61. The van der Waals surface area contributed by atoms with Crippen LogP contribution in [0.4, 0.5) is 13.2 Å². The minimum absolute atomic E-state index is 0.0353. The molecule has 11 heteroatoms. The molecular weight excluding hydrogens is 413 g/mol. The van der Waals surface area contributed by atoms with Crippen LogP contribution in [-0.4, -0.2) is 51.5 Å². The average molecular weight is 436 g/mol. The molecular formula is C20H23F3N6O2. The second-order valence-electron chi connectivity index (χ2n) is 6.61. The van der Waals surface area contributed by atoms with Gasteiger partial charge in [-0.05, 0) is 37.3 Å². The summed E-state index contributed by atoms with van der Waals surface area (Å²) >= 11 is 0. The number of pyridine rings is 1. The standard InChI is InChI=1S/C20H23F3N6O2/c1-2-24-19(26-12-18-28-27-17-8-3-4-9-29(17)18)25-11-15(30)13-31-16-7-5-6-14(10-16)20(21,22)23/h3-10,15,30H,2,11-13H2,1H3,(H2,24,25,26). The molecule has 3 N–H and O–H groups in total. The maximum absolute atomic E-state index is 12.8. The highest BCUT2D eigenvalue weighted by Crippen LogP contribution is 2.31. The van der Waals surface area contributed by atoms with Gasteiger partial charge < -0.3 is 20.5 Å². The Bertz CT molecular complexity index is 1020. The Morgan fingerprint density at radius 1 is 1.19 bits per heavy atom. The van der Waals surface area contributed by atoms with E-state index in [0.29, 0.717) is 24.0 Å². The quantitative estimate of drug-likeness (QED) is 0.370. The van der Waals surface area contributed by atoms with Crippen LogP contribution in [0.5, 0.6) is 5.75 Å². The maximum Gasteiger partial charge on any atom is 0.416 e. The first-order valence-electron chi connectivity index (χ1n) is 9.65. The van der Waals surface area contributed by atoms with E-state index in [4.69, 9.17) is 4.74 Å². The third kappa shape index (κ3) is 6.32. The molecule has 0 saturated carbocycles. The lowest BCUT2D eigenvalue weighted by atomic mass is 10.2. The molecule has 0 amide bonds. The van der Waals surface area contributed by atoms with Crippen molar-refractivity contribution in [2.75, 3.05) is 19.7 Å². The Morgan fingerprint density at radius 2 is 2.03 bits per heavy atom. The van der Waals surface area contributed by atoms with E-state index in [2.05, 4.69) is 25.8 Å². The Labute approximate surface area is 176 Å². The van der Waals surface area contributed by atoms with Crippen molar-refractivity contribution in [3.05, 3.63) is 60.0 Å². The first-order valence-corrected chi connectivity index (χ1v) is 9.65. The van der Waals surface area contributed by atoms with Crippen LogP contribution in [0.2, 0.25) is 0 Å². The van der Waals surface area contributed by atoms with Crippen LogP contribution in [0.25, 0.3) is 5.65 Å². The number of aliphatic hydroxyl groups excluding tert-OH is 1. The summed E-state index contributed by atoms with van der Waals surface area (Å²) in [5, 5.41) is 24.3. The molecule has 0 bridgehead atoms. The molecule has 3 rings (SSSR count). The molecule has 8 nitrogen and oxygen atoms in total. The fourth-order valence-corrected chi connectivity index (χ4v) is 2.72. The Kier molecular flexibility index (Phi) is 7.29. The first-order chi connectivity index (χ1) is 14.9. The number of fused-ring (bicyclic) bond motifs is 1. The molecule has 0 fully saturated rings. The van der Waals surface area contributed by atoms with Gasteiger partial charge in [0.15, 0.2) is 17.4 Å². The summed E-state index contributed by atoms with van der Waals surface area (Å²) in [6.07, 6.45) is -3.57. The maximum atomic E-state index is 12.8. The SMILES string of the molecule is CCNC(=NCc1nnc2ccccn12)NCC(O)COc1cccc(C(F)(F)F)c1. The van der Waals surface area contributed by atoms with E-state index in [1.54, 1.807) is 0 Å². The van der Waals surface area contributed by atoms with Crippen LogP contribution in [0.1, 0.15) is 18.3 Å². The van der Waals surface area contributed by atoms with Crippen LogP contribution in [0, 0.1) is 0 Å². The molecule has 0 aliphatic heterocycles. The zero-order chi connectivity index (χ0) is 22.3. The number of halogens is 3. The summed E-state index contributed by atoms with van der Waals surface area (Å²) in [7, 11) is 0. The highest BCUT2D eigenvalue weighted by Gasteiger charge is 2.30. The number of nitrogens with zero attached hydrogens (tertiary/aromatic N) is 4. The fraction of sp³-hybridized carbons (Fsp3) is 0.350. The highest BCUT2D eigenvalue weighted by molar-refractivity contribution is 5.79. The smallest absolute Gasteiger partial charge is 0.416 e. The molecule has 0 aliphatic rings. The van der Waals surface area contributed by atoms with Gasteiger partial charge in [0.05, 0.1) is 5.56 Å². The van der Waals surface area contributed by atoms with Crippen molar-refractivity contribution in [1.29, 1.82) is 0 Å². The summed E-state index contributed by atoms with van der Waals surface area (Å²) in [6.45, 7) is 2.67. The lowest BCUT2D eigenvalue weighted by Crippen LogP contribution is -2.42. The van der Waals surface area contributed by atoms with Gasteiger partial charge in [0.1, 0.15) is 25.0 Å². The van der Waals surface area contributed by atoms with Gasteiger partial charge in [0, 0.05) is 19.3 Å². The number of ether oxygens (including phenoxy) is 1. The molecule has 0 spiro atoms. The van der Waals surface area contributed by atoms with E-state index < -0.39 is 17.8 Å². The predicted molar refractivity (Wildman–Crippen MR) is 109 cm³/mol. The monoisotopic (exact) mass is 436 g/mol. The van der Waals surface area contributed by atoms with Gasteiger partial charge in [-0.25, -0.2) is 4.99 Å². The van der Waals surface area contributed by atoms with Crippen molar-refractivity contribution in [2.24, 2.45) is 4.99 Å². The molecule has 0 radical (unpaired) electrons. The van der Waals surface area contributed by atoms with Crippen molar-refractivity contribution in [3.8, 4) is 5.75 Å². The summed E-state index contributed by atoms with van der Waals surface area (Å²) < 4.78 is 45.4. The van der Waals surface area contributed by atoms with Gasteiger partial charge in [0.25, 0.3) is 0 Å². The van der Waals surface area contributed by atoms with Gasteiger partial charge in [-0.3, -0.25) is 4.40 Å². The lowest BCUT2D eigenvalue weighted by molar-refractivity contribution is -0.137. The van der Waals surface area contributed by atoms with Crippen molar-refractivity contribution in [1.82, 2.24) is 25.2 Å². The third-order valence-corrected chi connectivity index (χ3v) is 4.22. The molecule has 0 saturated heterocycles. The Morgan fingerprint density at radius 3 is 2.81 bits per heavy atom. The Balaban J connectivity index is 1.53. The summed E-state index contributed by atoms with van der Waals surface area (Å²) in [4.78, 5) is 4.43. The highest BCUT2D eigenvalue weighted by atomic mass is 19.4. The molecule has 0 aliphatic carbocycles. The number of alkyl halides is 3. The second kappa shape index (κ2) is 10.1. The minimum Gasteiger partial charge on any atom is -0.491 e. The van der Waals surface area contributed by atoms with Crippen molar-refractivity contribution < 1.29 is 23.0 Å². The normalized spacial score (nSPS) is 13.3. The first kappa shape index (κ1) is 22.3. The van der Waals surface area contributed by atoms with Gasteiger partial charge >= 0.3 is 6.18 Å². The van der Waals surface area contributed by atoms with Crippen molar-refractivity contribution >= 4 is 11.6 Å². The molecule has 2 heterocycles. The van der Waals surface area contributed by atoms with E-state index >= 15 is 0 Å². The molecule has 1 atom stereocenters. The zero-order valence-corrected chi connectivity index (χ0v) is 16.8. The summed E-state index contributed by atoms with van der Waals surface area (Å²) in [5.41, 5.74) is -0.0898. The number of aliphatic imine (C=N–C) groups is 1. The van der Waals surface area contributed by atoms with Crippen LogP contribution < -0.4 is 15.4 Å². The topological polar surface area (TPSA) is 96.1 Å². The Hall–Kier alpha value is -3.34. The molecule has 166 valence electrons. The number of hydrogen-bond donors (Lipinski definition) is 3. The number of hydrogen-bond acceptors (Lipinski definition) is 5. The van der Waals surface area contributed by atoms with Crippen molar-refractivity contribution in [2.45, 2.75) is 25.7 Å². The summed E-state index contributed by atoms with van der Waals surface area (Å²) in [5.74, 6) is 1.14. The lowest BCUT2D eigenvalue weighted by Gasteiger charge is -2.16. The van der Waals surface area contributed by atoms with Gasteiger partial charge in [-0.2, -0.15) is 13.2 Å². The van der Waals surface area contributed by atoms with Crippen LogP contribution in [-0.2, 0) is 12.7 Å². The number of aromatic nitrogens is 3. The number of guanidine groups is 1. The van der Waals surface area contributed by atoms with Crippen LogP contribution in [0.3, 0.4) is 0 Å². The molecule has 2 aromatic heterocycles. The molecule has 3 aromatic rings. The third-order valence-electron chi connectivity index (χ3n) is 4.22. The molecule has 1 aromatic carbocycles. The number of nitrogens with one attached hydrogen (secondary N) is 2. The van der Waals surface area contributed by atoms with Gasteiger partial charge in [-0.1, -0.05) is 12.1 Å². The fourth-order valence-electron chi connectivity index (χ4n) is 2.72. The summed E-state index contributed by atoms with van der Waals surface area (Å²) in [6, 6.07) is 10.1. The van der Waals surface area contributed by atoms with Crippen molar-refractivity contribution in [3.63, 3.8) is 0 Å². The van der Waals surface area contributed by atoms with Crippen LogP contribution in [0.15, 0.2) is 53.7 Å². The molecule has 31 heavy (non-hydrogen) atoms. The van der Waals surface area contributed by atoms with E-state index in [0.717, 1.165) is 12.1 Å². The zero-order valence-electron chi connectivity index (χ0n) is 16.8. The number of aliphatic hydroxyl groups is 1. The largest absolute Gasteiger partial charge is 0.491 e. The molecule has 1 unspecified atom stereocenters. The number of benzene rings is 1. The van der Waals surface area contributed by atoms with Gasteiger partial charge in [-0.15, -0.1) is 10.2 Å². The average Bonchev–Trinajstić information content (AvgIpc) is 3.17. The predicted octanol–water partition coefficient (Wildman–Crippen LogP) is 2.24. The van der Waals surface area contributed by atoms with E-state index in [-0.39, 0.29) is 25.4 Å². The van der Waals surface area contributed by atoms with E-state index in [9.17, 15) is 18.3 Å². The number of rotatable bonds is 8. The van der Waals surface area contributed by atoms with Gasteiger partial charge in [0.2, 0.25) is 0 Å².